The van der Waals surface area contributed by atoms with E-state index in [9.17, 15) is 0 Å². The minimum absolute atomic E-state index is 0.0441. The molecule has 1 N–H and O–H groups in total. The predicted molar refractivity (Wildman–Crippen MR) is 43.4 cm³/mol. The number of hydrogen-bond acceptors (Lipinski definition) is 3. The minimum atomic E-state index is -0.0441. The fourth-order valence-corrected chi connectivity index (χ4v) is 1.02. The van der Waals surface area contributed by atoms with Gasteiger partial charge in [-0.25, -0.2) is 0 Å². The van der Waals surface area contributed by atoms with Crippen LogP contribution in [0, 0.1) is 0 Å². The van der Waals surface area contributed by atoms with Crippen LogP contribution in [0.5, 0.6) is 0 Å². The molecule has 58 valence electrons. The third-order valence-electron chi connectivity index (χ3n) is 1.08. The highest BCUT2D eigenvalue weighted by Gasteiger charge is 2.04. The van der Waals surface area contributed by atoms with Crippen molar-refractivity contribution in [1.82, 2.24) is 4.98 Å². The van der Waals surface area contributed by atoms with Crippen LogP contribution in [0.25, 0.3) is 0 Å². The van der Waals surface area contributed by atoms with Gasteiger partial charge in [-0.05, 0) is 6.07 Å². The minimum Gasteiger partial charge on any atom is -0.410 e. The van der Waals surface area contributed by atoms with E-state index in [-0.39, 0.29) is 5.17 Å². The van der Waals surface area contributed by atoms with E-state index in [4.69, 9.17) is 28.4 Å². The highest BCUT2D eigenvalue weighted by molar-refractivity contribution is 6.70. The maximum atomic E-state index is 8.29. The van der Waals surface area contributed by atoms with Gasteiger partial charge in [-0.2, -0.15) is 0 Å². The van der Waals surface area contributed by atoms with E-state index in [1.807, 2.05) is 0 Å². The number of pyridine rings is 1. The van der Waals surface area contributed by atoms with E-state index >= 15 is 0 Å². The monoisotopic (exact) mass is 190 g/mol. The van der Waals surface area contributed by atoms with E-state index in [1.165, 1.54) is 12.4 Å². The van der Waals surface area contributed by atoms with Crippen LogP contribution < -0.4 is 0 Å². The van der Waals surface area contributed by atoms with Gasteiger partial charge in [-0.3, -0.25) is 4.98 Å². The second kappa shape index (κ2) is 3.55. The zero-order chi connectivity index (χ0) is 8.27. The van der Waals surface area contributed by atoms with Gasteiger partial charge in [-0.15, -0.1) is 0 Å². The maximum Gasteiger partial charge on any atom is 0.176 e. The van der Waals surface area contributed by atoms with E-state index in [0.717, 1.165) is 0 Å². The van der Waals surface area contributed by atoms with E-state index in [0.29, 0.717) is 10.6 Å². The molecule has 0 amide bonds. The van der Waals surface area contributed by atoms with Crippen LogP contribution in [-0.4, -0.2) is 15.4 Å². The molecule has 1 aromatic heterocycles. The largest absolute Gasteiger partial charge is 0.410 e. The lowest BCUT2D eigenvalue weighted by Gasteiger charge is -1.96. The molecule has 5 heteroatoms. The Labute approximate surface area is 73.3 Å². The molecule has 0 bridgehead atoms. The van der Waals surface area contributed by atoms with Crippen LogP contribution in [0.2, 0.25) is 5.02 Å². The van der Waals surface area contributed by atoms with Gasteiger partial charge in [-0.1, -0.05) is 28.4 Å². The SMILES string of the molecule is O/N=C(/Cl)c1ccncc1Cl. The van der Waals surface area contributed by atoms with Crippen LogP contribution in [0.3, 0.4) is 0 Å². The number of oxime groups is 1. The zero-order valence-electron chi connectivity index (χ0n) is 5.33. The Morgan fingerprint density at radius 1 is 1.64 bits per heavy atom. The van der Waals surface area contributed by atoms with Crippen LogP contribution >= 0.6 is 23.2 Å². The summed E-state index contributed by atoms with van der Waals surface area (Å²) in [7, 11) is 0. The first-order valence-electron chi connectivity index (χ1n) is 2.73. The van der Waals surface area contributed by atoms with Crippen molar-refractivity contribution in [2.45, 2.75) is 0 Å². The topological polar surface area (TPSA) is 45.5 Å². The summed E-state index contributed by atoms with van der Waals surface area (Å²) in [5, 5.41) is 11.4. The number of hydrogen-bond donors (Lipinski definition) is 1. The van der Waals surface area contributed by atoms with E-state index < -0.39 is 0 Å². The molecule has 1 aromatic rings. The lowest BCUT2D eigenvalue weighted by Crippen LogP contribution is -1.92. The predicted octanol–water partition coefficient (Wildman–Crippen LogP) is 2.11. The number of rotatable bonds is 1. The summed E-state index contributed by atoms with van der Waals surface area (Å²) in [6.07, 6.45) is 2.93. The first kappa shape index (κ1) is 8.30. The molecule has 1 rings (SSSR count). The third kappa shape index (κ3) is 1.82. The lowest BCUT2D eigenvalue weighted by molar-refractivity contribution is 0.321. The van der Waals surface area contributed by atoms with Crippen molar-refractivity contribution < 1.29 is 5.21 Å². The Kier molecular flexibility index (Phi) is 2.68. The average Bonchev–Trinajstić information content (AvgIpc) is 2.04. The molecule has 0 fully saturated rings. The fourth-order valence-electron chi connectivity index (χ4n) is 0.596. The number of aromatic nitrogens is 1. The molecule has 1 heterocycles. The highest BCUT2D eigenvalue weighted by Crippen LogP contribution is 2.15. The Hall–Kier alpha value is -0.800. The molecule has 0 aromatic carbocycles. The highest BCUT2D eigenvalue weighted by atomic mass is 35.5. The van der Waals surface area contributed by atoms with E-state index in [2.05, 4.69) is 10.1 Å². The van der Waals surface area contributed by atoms with Gasteiger partial charge in [0.25, 0.3) is 0 Å². The van der Waals surface area contributed by atoms with Crippen molar-refractivity contribution in [2.24, 2.45) is 5.16 Å². The van der Waals surface area contributed by atoms with Gasteiger partial charge in [0.05, 0.1) is 5.02 Å². The fraction of sp³-hybridized carbons (Fsp3) is 0. The van der Waals surface area contributed by atoms with E-state index in [1.54, 1.807) is 6.07 Å². The molecule has 0 aliphatic heterocycles. The molecule has 11 heavy (non-hydrogen) atoms. The molecule has 0 spiro atoms. The van der Waals surface area contributed by atoms with Crippen LogP contribution in [0.15, 0.2) is 23.6 Å². The second-order valence-corrected chi connectivity index (χ2v) is 2.51. The first-order valence-corrected chi connectivity index (χ1v) is 3.48. The average molecular weight is 191 g/mol. The van der Waals surface area contributed by atoms with Crippen molar-refractivity contribution in [3.05, 3.63) is 29.0 Å². The van der Waals surface area contributed by atoms with Gasteiger partial charge in [0.2, 0.25) is 0 Å². The Balaban J connectivity index is 3.14. The van der Waals surface area contributed by atoms with Crippen molar-refractivity contribution in [3.63, 3.8) is 0 Å². The van der Waals surface area contributed by atoms with Crippen LogP contribution in [0.1, 0.15) is 5.56 Å². The molecule has 0 aliphatic carbocycles. The summed E-state index contributed by atoms with van der Waals surface area (Å²) in [6.45, 7) is 0. The number of nitrogens with zero attached hydrogens (tertiary/aromatic N) is 2. The standard InChI is InChI=1S/C6H4Cl2N2O/c7-5-3-9-2-1-4(5)6(8)10-11/h1-3,11H/b10-6+. The molecule has 0 atom stereocenters. The molecule has 0 aliphatic rings. The maximum absolute atomic E-state index is 8.29. The lowest BCUT2D eigenvalue weighted by atomic mass is 10.3. The van der Waals surface area contributed by atoms with Gasteiger partial charge in [0.15, 0.2) is 5.17 Å². The van der Waals surface area contributed by atoms with Gasteiger partial charge < -0.3 is 5.21 Å². The summed E-state index contributed by atoms with van der Waals surface area (Å²) < 4.78 is 0. The summed E-state index contributed by atoms with van der Waals surface area (Å²) in [5.74, 6) is 0. The first-order chi connectivity index (χ1) is 5.25. The quantitative estimate of drug-likeness (QED) is 0.419. The molecule has 0 saturated carbocycles. The van der Waals surface area contributed by atoms with Crippen molar-refractivity contribution >= 4 is 28.4 Å². The molecule has 0 unspecified atom stereocenters. The van der Waals surface area contributed by atoms with Crippen LogP contribution in [-0.2, 0) is 0 Å². The van der Waals surface area contributed by atoms with Crippen LogP contribution in [0.4, 0.5) is 0 Å². The molecule has 0 saturated heterocycles. The second-order valence-electron chi connectivity index (χ2n) is 1.75. The van der Waals surface area contributed by atoms with Crippen molar-refractivity contribution in [2.75, 3.05) is 0 Å². The normalized spacial score (nSPS) is 11.6. The Morgan fingerprint density at radius 3 is 2.91 bits per heavy atom. The number of halogens is 2. The molecule has 3 nitrogen and oxygen atoms in total. The van der Waals surface area contributed by atoms with Gasteiger partial charge in [0.1, 0.15) is 0 Å². The summed E-state index contributed by atoms with van der Waals surface area (Å²) in [5.41, 5.74) is 0.464. The Morgan fingerprint density at radius 2 is 2.36 bits per heavy atom. The van der Waals surface area contributed by atoms with Crippen molar-refractivity contribution in [3.8, 4) is 0 Å². The summed E-state index contributed by atoms with van der Waals surface area (Å²) >= 11 is 11.1. The third-order valence-corrected chi connectivity index (χ3v) is 1.66. The summed E-state index contributed by atoms with van der Waals surface area (Å²) in [6, 6.07) is 1.56. The zero-order valence-corrected chi connectivity index (χ0v) is 6.84. The Bertz CT molecular complexity index is 288. The van der Waals surface area contributed by atoms with Gasteiger partial charge >= 0.3 is 0 Å². The summed E-state index contributed by atoms with van der Waals surface area (Å²) in [4.78, 5) is 3.73. The molecule has 0 radical (unpaired) electrons. The molecular formula is C6H4Cl2N2O. The van der Waals surface area contributed by atoms with Gasteiger partial charge in [0, 0.05) is 18.0 Å². The molecular weight excluding hydrogens is 187 g/mol. The van der Waals surface area contributed by atoms with Crippen molar-refractivity contribution in [1.29, 1.82) is 0 Å². The smallest absolute Gasteiger partial charge is 0.176 e.